The highest BCUT2D eigenvalue weighted by Crippen LogP contribution is 2.36. The fourth-order valence-corrected chi connectivity index (χ4v) is 4.41. The number of amides is 1. The van der Waals surface area contributed by atoms with Crippen LogP contribution < -0.4 is 15.8 Å². The molecule has 3 aromatic rings. The molecule has 0 unspecified atom stereocenters. The Balaban J connectivity index is 1.39. The number of benzene rings is 3. The summed E-state index contributed by atoms with van der Waals surface area (Å²) < 4.78 is 0.346. The Morgan fingerprint density at radius 1 is 1.06 bits per heavy atom. The zero-order chi connectivity index (χ0) is 23.0. The summed E-state index contributed by atoms with van der Waals surface area (Å²) in [5.41, 5.74) is 6.90. The lowest BCUT2D eigenvalue weighted by Crippen LogP contribution is -2.65. The van der Waals surface area contributed by atoms with Gasteiger partial charge in [0, 0.05) is 21.8 Å². The zero-order valence-corrected chi connectivity index (χ0v) is 19.0. The van der Waals surface area contributed by atoms with Gasteiger partial charge in [0.1, 0.15) is 18.9 Å². The average Bonchev–Trinajstić information content (AvgIpc) is 2.96. The number of rotatable bonds is 2. The van der Waals surface area contributed by atoms with Crippen molar-refractivity contribution in [2.45, 2.75) is 0 Å². The monoisotopic (exact) mass is 461 g/mol. The van der Waals surface area contributed by atoms with Crippen LogP contribution in [0.2, 0.25) is 5.02 Å². The number of amidine groups is 1. The second-order valence-corrected chi connectivity index (χ2v) is 8.97. The lowest BCUT2D eigenvalue weighted by molar-refractivity contribution is -0.946. The van der Waals surface area contributed by atoms with E-state index in [4.69, 9.17) is 16.6 Å². The SMILES string of the molecule is C[N+]1(NC(=O)c2ccccc2[O-])CCN(C2=Nc3cc(Cl)ccc3Nc3ccccc32)CC1. The number of para-hydroxylation sites is 2. The fraction of sp³-hybridized carbons (Fsp3) is 0.200. The maximum atomic E-state index is 12.7. The lowest BCUT2D eigenvalue weighted by Gasteiger charge is -2.42. The summed E-state index contributed by atoms with van der Waals surface area (Å²) in [6.45, 7) is 2.73. The molecule has 33 heavy (non-hydrogen) atoms. The molecule has 1 amide bonds. The van der Waals surface area contributed by atoms with Crippen LogP contribution in [0.5, 0.6) is 5.75 Å². The first-order chi connectivity index (χ1) is 15.9. The van der Waals surface area contributed by atoms with Gasteiger partial charge in [0.25, 0.3) is 5.91 Å². The van der Waals surface area contributed by atoms with Crippen molar-refractivity contribution in [2.75, 3.05) is 38.5 Å². The minimum absolute atomic E-state index is 0.168. The maximum absolute atomic E-state index is 12.7. The van der Waals surface area contributed by atoms with Crippen LogP contribution in [-0.2, 0) is 0 Å². The Morgan fingerprint density at radius 3 is 2.58 bits per heavy atom. The summed E-state index contributed by atoms with van der Waals surface area (Å²) in [6.07, 6.45) is 0. The van der Waals surface area contributed by atoms with Gasteiger partial charge in [0.2, 0.25) is 0 Å². The molecule has 0 radical (unpaired) electrons. The Labute approximate surface area is 197 Å². The van der Waals surface area contributed by atoms with E-state index in [0.717, 1.165) is 28.5 Å². The summed E-state index contributed by atoms with van der Waals surface area (Å²) in [4.78, 5) is 19.9. The molecule has 8 heteroatoms. The van der Waals surface area contributed by atoms with E-state index in [1.807, 2.05) is 43.4 Å². The molecular formula is C25H24ClN5O2. The molecule has 0 spiro atoms. The minimum atomic E-state index is -0.346. The first kappa shape index (κ1) is 21.3. The van der Waals surface area contributed by atoms with Gasteiger partial charge in [-0.25, -0.2) is 9.58 Å². The number of fused-ring (bicyclic) bond motifs is 2. The first-order valence-electron chi connectivity index (χ1n) is 10.8. The van der Waals surface area contributed by atoms with Crippen molar-refractivity contribution in [1.29, 1.82) is 0 Å². The number of hydrogen-bond donors (Lipinski definition) is 2. The molecule has 7 nitrogen and oxygen atoms in total. The third kappa shape index (κ3) is 4.25. The number of halogens is 1. The molecule has 0 bridgehead atoms. The number of quaternary nitrogens is 1. The molecule has 2 aliphatic heterocycles. The third-order valence-electron chi connectivity index (χ3n) is 6.15. The molecule has 5 rings (SSSR count). The molecule has 1 fully saturated rings. The summed E-state index contributed by atoms with van der Waals surface area (Å²) in [5.74, 6) is 0.262. The number of nitrogens with zero attached hydrogens (tertiary/aromatic N) is 3. The average molecular weight is 462 g/mol. The van der Waals surface area contributed by atoms with Crippen LogP contribution in [0.25, 0.3) is 0 Å². The van der Waals surface area contributed by atoms with E-state index in [0.29, 0.717) is 35.8 Å². The zero-order valence-electron chi connectivity index (χ0n) is 18.2. The van der Waals surface area contributed by atoms with Gasteiger partial charge in [-0.1, -0.05) is 47.7 Å². The second-order valence-electron chi connectivity index (χ2n) is 8.53. The van der Waals surface area contributed by atoms with E-state index >= 15 is 0 Å². The summed E-state index contributed by atoms with van der Waals surface area (Å²) in [5, 5.41) is 16.1. The van der Waals surface area contributed by atoms with Crippen LogP contribution >= 0.6 is 11.6 Å². The van der Waals surface area contributed by atoms with E-state index in [2.05, 4.69) is 21.7 Å². The van der Waals surface area contributed by atoms with Gasteiger partial charge in [-0.3, -0.25) is 4.79 Å². The van der Waals surface area contributed by atoms with Crippen LogP contribution in [0.15, 0.2) is 71.7 Å². The number of anilines is 2. The molecule has 0 aromatic heterocycles. The number of nitrogens with one attached hydrogen (secondary N) is 2. The first-order valence-corrected chi connectivity index (χ1v) is 11.2. The highest BCUT2D eigenvalue weighted by Gasteiger charge is 2.34. The molecule has 0 saturated carbocycles. The molecule has 2 heterocycles. The summed E-state index contributed by atoms with van der Waals surface area (Å²) in [7, 11) is 1.97. The van der Waals surface area contributed by atoms with Crippen LogP contribution in [0.1, 0.15) is 15.9 Å². The highest BCUT2D eigenvalue weighted by atomic mass is 35.5. The van der Waals surface area contributed by atoms with Crippen LogP contribution in [0, 0.1) is 0 Å². The number of carbonyl (C=O) groups is 1. The lowest BCUT2D eigenvalue weighted by atomic mass is 10.1. The Kier molecular flexibility index (Phi) is 5.44. The van der Waals surface area contributed by atoms with Crippen molar-refractivity contribution in [2.24, 2.45) is 4.99 Å². The fourth-order valence-electron chi connectivity index (χ4n) is 4.24. The van der Waals surface area contributed by atoms with Gasteiger partial charge in [-0.05, 0) is 36.4 Å². The van der Waals surface area contributed by atoms with E-state index in [1.165, 1.54) is 6.07 Å². The number of piperazine rings is 1. The van der Waals surface area contributed by atoms with Gasteiger partial charge in [-0.15, -0.1) is 0 Å². The summed E-state index contributed by atoms with van der Waals surface area (Å²) >= 11 is 6.25. The van der Waals surface area contributed by atoms with Gasteiger partial charge in [-0.2, -0.15) is 5.43 Å². The second kappa shape index (κ2) is 8.42. The Bertz CT molecular complexity index is 1250. The van der Waals surface area contributed by atoms with Crippen molar-refractivity contribution >= 4 is 40.4 Å². The Morgan fingerprint density at radius 2 is 1.79 bits per heavy atom. The molecule has 0 aliphatic carbocycles. The maximum Gasteiger partial charge on any atom is 0.295 e. The largest absolute Gasteiger partial charge is 0.872 e. The smallest absolute Gasteiger partial charge is 0.295 e. The standard InChI is InChI=1S/C25H24ClN5O2/c1-31(29-25(33)19-7-3-5-9-23(19)32)14-12-30(13-15-31)24-18-6-2-4-8-20(18)27-21-11-10-17(26)16-22(21)28-24/h2-11,16H,12-15H2,1H3,(H2-,27,28,29,32,33). The molecule has 1 saturated heterocycles. The van der Waals surface area contributed by atoms with Crippen molar-refractivity contribution in [3.05, 3.63) is 82.9 Å². The van der Waals surface area contributed by atoms with Crippen LogP contribution in [0.4, 0.5) is 17.1 Å². The molecule has 2 aliphatic rings. The molecule has 3 aromatic carbocycles. The Hall–Kier alpha value is -3.55. The van der Waals surface area contributed by atoms with E-state index < -0.39 is 0 Å². The van der Waals surface area contributed by atoms with Crippen LogP contribution in [-0.4, -0.2) is 54.5 Å². The van der Waals surface area contributed by atoms with Crippen molar-refractivity contribution in [3.8, 4) is 5.75 Å². The van der Waals surface area contributed by atoms with Gasteiger partial charge < -0.3 is 15.3 Å². The van der Waals surface area contributed by atoms with Crippen molar-refractivity contribution < 1.29 is 14.5 Å². The molecule has 0 atom stereocenters. The molecule has 2 N–H and O–H groups in total. The normalized spacial score (nSPS) is 16.5. The molecule has 168 valence electrons. The number of carbonyl (C=O) groups excluding carboxylic acids is 1. The van der Waals surface area contributed by atoms with E-state index in [-0.39, 0.29) is 17.2 Å². The number of hydrogen-bond acceptors (Lipinski definition) is 5. The van der Waals surface area contributed by atoms with Gasteiger partial charge >= 0.3 is 0 Å². The van der Waals surface area contributed by atoms with Gasteiger partial charge in [0.15, 0.2) is 0 Å². The minimum Gasteiger partial charge on any atom is -0.872 e. The summed E-state index contributed by atoms with van der Waals surface area (Å²) in [6, 6.07) is 20.1. The van der Waals surface area contributed by atoms with E-state index in [1.54, 1.807) is 18.2 Å². The number of aliphatic imine (C=N–C) groups is 1. The van der Waals surface area contributed by atoms with Crippen molar-refractivity contribution in [1.82, 2.24) is 10.3 Å². The highest BCUT2D eigenvalue weighted by molar-refractivity contribution is 6.31. The van der Waals surface area contributed by atoms with Crippen LogP contribution in [0.3, 0.4) is 0 Å². The third-order valence-corrected chi connectivity index (χ3v) is 6.39. The van der Waals surface area contributed by atoms with Crippen molar-refractivity contribution in [3.63, 3.8) is 0 Å². The topological polar surface area (TPSA) is 79.8 Å². The van der Waals surface area contributed by atoms with Gasteiger partial charge in [0.05, 0.1) is 31.5 Å². The predicted molar refractivity (Wildman–Crippen MR) is 128 cm³/mol. The van der Waals surface area contributed by atoms with E-state index in [9.17, 15) is 9.90 Å². The predicted octanol–water partition coefficient (Wildman–Crippen LogP) is 3.66. The molecular weight excluding hydrogens is 438 g/mol. The number of likely N-dealkylation sites (N-methyl/N-ethyl adjacent to an activating group) is 1. The quantitative estimate of drug-likeness (QED) is 0.571.